The van der Waals surface area contributed by atoms with Crippen LogP contribution in [0.4, 0.5) is 0 Å². The summed E-state index contributed by atoms with van der Waals surface area (Å²) in [5, 5.41) is 44.2. The molecule has 0 aliphatic rings. The minimum atomic E-state index is -2.61. The summed E-state index contributed by atoms with van der Waals surface area (Å²) in [4.78, 5) is 22.0. The van der Waals surface area contributed by atoms with Gasteiger partial charge in [0.05, 0.1) is 6.10 Å². The van der Waals surface area contributed by atoms with Crippen molar-refractivity contribution in [3.63, 3.8) is 0 Å². The third-order valence-electron chi connectivity index (χ3n) is 3.46. The summed E-state index contributed by atoms with van der Waals surface area (Å²) in [6, 6.07) is 0. The van der Waals surface area contributed by atoms with Crippen molar-refractivity contribution in [2.75, 3.05) is 0 Å². The Morgan fingerprint density at radius 1 is 0.926 bits per heavy atom. The molecule has 0 aliphatic heterocycles. The summed E-state index contributed by atoms with van der Waals surface area (Å²) in [5.74, 6) is -3.54. The highest BCUT2D eigenvalue weighted by Gasteiger charge is 2.16. The molecule has 0 aromatic rings. The van der Waals surface area contributed by atoms with Crippen LogP contribution in [0.1, 0.15) is 51.4 Å². The Labute approximate surface area is 159 Å². The van der Waals surface area contributed by atoms with E-state index in [0.29, 0.717) is 32.1 Å². The van der Waals surface area contributed by atoms with Gasteiger partial charge in [0.25, 0.3) is 5.97 Å². The van der Waals surface area contributed by atoms with Gasteiger partial charge in [0.1, 0.15) is 0 Å². The second-order valence-electron chi connectivity index (χ2n) is 6.14. The number of carbonyl (C=O) groups excluding carboxylic acids is 1. The number of hydrogen-bond donors (Lipinski definition) is 5. The molecule has 0 saturated heterocycles. The molecule has 5 N–H and O–H groups in total. The van der Waals surface area contributed by atoms with Gasteiger partial charge >= 0.3 is 5.97 Å². The number of aliphatic hydroxyl groups is 4. The second-order valence-corrected chi connectivity index (χ2v) is 6.14. The highest BCUT2D eigenvalue weighted by atomic mass is 16.7. The summed E-state index contributed by atoms with van der Waals surface area (Å²) < 4.78 is 0. The van der Waals surface area contributed by atoms with Gasteiger partial charge < -0.3 is 25.5 Å². The lowest BCUT2D eigenvalue weighted by molar-refractivity contribution is -0.314. The zero-order valence-electron chi connectivity index (χ0n) is 15.4. The van der Waals surface area contributed by atoms with Gasteiger partial charge in [-0.15, -0.1) is 0 Å². The molecule has 0 aliphatic carbocycles. The molecule has 1 atom stereocenters. The predicted molar refractivity (Wildman–Crippen MR) is 102 cm³/mol. The minimum absolute atomic E-state index is 0.0364. The van der Waals surface area contributed by atoms with E-state index in [4.69, 9.17) is 20.4 Å². The van der Waals surface area contributed by atoms with Crippen molar-refractivity contribution in [1.29, 1.82) is 0 Å². The Balaban J connectivity index is 3.84. The molecule has 0 spiro atoms. The molecule has 0 aromatic carbocycles. The standard InChI is InChI=1S/C20H30O7/c21-17(11-6-2-1-5-9-16-20(25,26)27)12-7-3-4-8-13-18(22)14-10-15-19(23)24/h2-4,6-8,12-13,18,22,25-27H,1,5,9-11,14-16H2,(H,23,24)/b4-3+,6-2-,12-7+,13-8-/t18-/m0/s1. The zero-order valence-corrected chi connectivity index (χ0v) is 15.4. The molecule has 0 unspecified atom stereocenters. The van der Waals surface area contributed by atoms with Crippen molar-refractivity contribution in [3.05, 3.63) is 48.6 Å². The molecule has 0 rings (SSSR count). The lowest BCUT2D eigenvalue weighted by atomic mass is 10.1. The highest BCUT2D eigenvalue weighted by Crippen LogP contribution is 2.09. The smallest absolute Gasteiger partial charge is 0.303 e. The number of allylic oxidation sites excluding steroid dienone is 7. The van der Waals surface area contributed by atoms with E-state index in [-0.39, 0.29) is 25.0 Å². The lowest BCUT2D eigenvalue weighted by Gasteiger charge is -2.12. The third-order valence-corrected chi connectivity index (χ3v) is 3.46. The van der Waals surface area contributed by atoms with E-state index in [0.717, 1.165) is 0 Å². The molecular formula is C20H30O7. The third kappa shape index (κ3) is 20.1. The number of aliphatic carboxylic acids is 1. The Bertz CT molecular complexity index is 539. The molecular weight excluding hydrogens is 352 g/mol. The fourth-order valence-corrected chi connectivity index (χ4v) is 2.05. The molecule has 0 heterocycles. The maximum atomic E-state index is 11.6. The molecule has 0 radical (unpaired) electrons. The normalized spacial score (nSPS) is 14.1. The van der Waals surface area contributed by atoms with Crippen LogP contribution in [-0.4, -0.2) is 49.4 Å². The SMILES string of the molecule is O=C(O)CCC[C@@H](O)\C=C/C=C/C=C/C(=O)C/C=C\CCCCC(O)(O)O. The fourth-order valence-electron chi connectivity index (χ4n) is 2.05. The first kappa shape index (κ1) is 24.9. The van der Waals surface area contributed by atoms with Crippen LogP contribution in [0.15, 0.2) is 48.6 Å². The van der Waals surface area contributed by atoms with E-state index < -0.39 is 18.0 Å². The van der Waals surface area contributed by atoms with Crippen LogP contribution < -0.4 is 0 Å². The number of rotatable bonds is 15. The largest absolute Gasteiger partial charge is 0.481 e. The van der Waals surface area contributed by atoms with Crippen molar-refractivity contribution >= 4 is 11.8 Å². The Morgan fingerprint density at radius 2 is 1.63 bits per heavy atom. The van der Waals surface area contributed by atoms with Crippen LogP contribution in [0.5, 0.6) is 0 Å². The number of carbonyl (C=O) groups is 2. The summed E-state index contributed by atoms with van der Waals surface area (Å²) in [7, 11) is 0. The number of carboxylic acid groups (broad SMARTS) is 1. The zero-order chi connectivity index (χ0) is 20.5. The Morgan fingerprint density at radius 3 is 2.30 bits per heavy atom. The van der Waals surface area contributed by atoms with Gasteiger partial charge in [-0.05, 0) is 38.2 Å². The molecule has 0 aromatic heterocycles. The molecule has 7 nitrogen and oxygen atoms in total. The van der Waals surface area contributed by atoms with Crippen LogP contribution in [0.2, 0.25) is 0 Å². The second kappa shape index (κ2) is 15.0. The molecule has 0 amide bonds. The van der Waals surface area contributed by atoms with Crippen molar-refractivity contribution < 1.29 is 35.1 Å². The maximum absolute atomic E-state index is 11.6. The van der Waals surface area contributed by atoms with Crippen LogP contribution >= 0.6 is 0 Å². The first-order chi connectivity index (χ1) is 12.7. The van der Waals surface area contributed by atoms with E-state index in [2.05, 4.69) is 0 Å². The van der Waals surface area contributed by atoms with Crippen molar-refractivity contribution in [3.8, 4) is 0 Å². The maximum Gasteiger partial charge on any atom is 0.303 e. The predicted octanol–water partition coefficient (Wildman–Crippen LogP) is 1.98. The van der Waals surface area contributed by atoms with Gasteiger partial charge in [-0.1, -0.05) is 42.5 Å². The van der Waals surface area contributed by atoms with Gasteiger partial charge in [-0.25, -0.2) is 0 Å². The summed E-state index contributed by atoms with van der Waals surface area (Å²) in [5.41, 5.74) is 0. The van der Waals surface area contributed by atoms with E-state index in [9.17, 15) is 14.7 Å². The minimum Gasteiger partial charge on any atom is -0.481 e. The monoisotopic (exact) mass is 382 g/mol. The first-order valence-corrected chi connectivity index (χ1v) is 8.97. The van der Waals surface area contributed by atoms with Crippen molar-refractivity contribution in [2.45, 2.75) is 63.4 Å². The number of carboxylic acids is 1. The number of hydrogen-bond acceptors (Lipinski definition) is 6. The summed E-state index contributed by atoms with van der Waals surface area (Å²) in [6.07, 6.45) is 15.3. The van der Waals surface area contributed by atoms with E-state index in [1.807, 2.05) is 6.08 Å². The van der Waals surface area contributed by atoms with Crippen LogP contribution in [0.25, 0.3) is 0 Å². The Hall–Kier alpha value is -2.06. The van der Waals surface area contributed by atoms with E-state index >= 15 is 0 Å². The van der Waals surface area contributed by atoms with Gasteiger partial charge in [-0.3, -0.25) is 9.59 Å². The number of ketones is 1. The van der Waals surface area contributed by atoms with Gasteiger partial charge in [0, 0.05) is 19.3 Å². The summed E-state index contributed by atoms with van der Waals surface area (Å²) in [6.45, 7) is 0. The van der Waals surface area contributed by atoms with Crippen molar-refractivity contribution in [1.82, 2.24) is 0 Å². The number of unbranched alkanes of at least 4 members (excludes halogenated alkanes) is 2. The van der Waals surface area contributed by atoms with Gasteiger partial charge in [0.2, 0.25) is 0 Å². The summed E-state index contributed by atoms with van der Waals surface area (Å²) >= 11 is 0. The molecule has 152 valence electrons. The lowest BCUT2D eigenvalue weighted by Crippen LogP contribution is -2.26. The topological polar surface area (TPSA) is 135 Å². The average Bonchev–Trinajstić information content (AvgIpc) is 2.55. The van der Waals surface area contributed by atoms with Crippen LogP contribution in [-0.2, 0) is 9.59 Å². The Kier molecular flexibility index (Phi) is 13.9. The first-order valence-electron chi connectivity index (χ1n) is 8.97. The fraction of sp³-hybridized carbons (Fsp3) is 0.500. The average molecular weight is 382 g/mol. The molecule has 0 fully saturated rings. The molecule has 27 heavy (non-hydrogen) atoms. The van der Waals surface area contributed by atoms with E-state index in [1.165, 1.54) is 6.08 Å². The quantitative estimate of drug-likeness (QED) is 0.0960. The van der Waals surface area contributed by atoms with Crippen LogP contribution in [0, 0.1) is 0 Å². The molecule has 7 heteroatoms. The van der Waals surface area contributed by atoms with Gasteiger partial charge in [0.15, 0.2) is 5.78 Å². The van der Waals surface area contributed by atoms with Crippen LogP contribution in [0.3, 0.4) is 0 Å². The molecule has 0 bridgehead atoms. The number of aliphatic hydroxyl groups excluding tert-OH is 1. The van der Waals surface area contributed by atoms with Crippen molar-refractivity contribution in [2.24, 2.45) is 0 Å². The molecule has 0 saturated carbocycles. The van der Waals surface area contributed by atoms with Gasteiger partial charge in [-0.2, -0.15) is 0 Å². The van der Waals surface area contributed by atoms with E-state index in [1.54, 1.807) is 36.5 Å². The highest BCUT2D eigenvalue weighted by molar-refractivity contribution is 5.90.